The second-order valence-corrected chi connectivity index (χ2v) is 4.92. The molecule has 0 amide bonds. The maximum absolute atomic E-state index is 9.56. The van der Waals surface area contributed by atoms with Crippen LogP contribution in [0, 0.1) is 0 Å². The first-order valence-corrected chi connectivity index (χ1v) is 6.05. The lowest BCUT2D eigenvalue weighted by molar-refractivity contribution is 0.0974. The third-order valence-corrected chi connectivity index (χ3v) is 3.93. The van der Waals surface area contributed by atoms with Crippen LogP contribution in [0.2, 0.25) is 5.15 Å². The number of hydrogen-bond acceptors (Lipinski definition) is 3. The SMILES string of the molecule is NCC1(c2cccnc2Cl)CCC(O)CC1. The summed E-state index contributed by atoms with van der Waals surface area (Å²) in [6, 6.07) is 3.89. The molecular weight excluding hydrogens is 224 g/mol. The van der Waals surface area contributed by atoms with Gasteiger partial charge in [-0.2, -0.15) is 0 Å². The predicted octanol–water partition coefficient (Wildman–Crippen LogP) is 1.87. The topological polar surface area (TPSA) is 59.1 Å². The van der Waals surface area contributed by atoms with E-state index < -0.39 is 0 Å². The highest BCUT2D eigenvalue weighted by atomic mass is 35.5. The molecule has 2 rings (SSSR count). The molecule has 0 bridgehead atoms. The minimum atomic E-state index is -0.185. The highest BCUT2D eigenvalue weighted by Gasteiger charge is 2.36. The van der Waals surface area contributed by atoms with Crippen LogP contribution in [0.1, 0.15) is 31.2 Å². The summed E-state index contributed by atoms with van der Waals surface area (Å²) in [5.74, 6) is 0. The van der Waals surface area contributed by atoms with Crippen molar-refractivity contribution in [3.8, 4) is 0 Å². The van der Waals surface area contributed by atoms with Crippen molar-refractivity contribution in [2.75, 3.05) is 6.54 Å². The van der Waals surface area contributed by atoms with E-state index in [0.717, 1.165) is 31.2 Å². The van der Waals surface area contributed by atoms with Gasteiger partial charge < -0.3 is 10.8 Å². The molecule has 3 N–H and O–H groups in total. The number of halogens is 1. The summed E-state index contributed by atoms with van der Waals surface area (Å²) in [7, 11) is 0. The second-order valence-electron chi connectivity index (χ2n) is 4.56. The van der Waals surface area contributed by atoms with Gasteiger partial charge in [-0.1, -0.05) is 17.7 Å². The van der Waals surface area contributed by atoms with Crippen LogP contribution in [0.5, 0.6) is 0 Å². The van der Waals surface area contributed by atoms with Crippen molar-refractivity contribution < 1.29 is 5.11 Å². The Morgan fingerprint density at radius 3 is 2.75 bits per heavy atom. The van der Waals surface area contributed by atoms with Crippen molar-refractivity contribution >= 4 is 11.6 Å². The van der Waals surface area contributed by atoms with Crippen LogP contribution in [0.3, 0.4) is 0 Å². The van der Waals surface area contributed by atoms with Gasteiger partial charge in [0.05, 0.1) is 6.10 Å². The molecule has 88 valence electrons. The number of aliphatic hydroxyl groups is 1. The van der Waals surface area contributed by atoms with Gasteiger partial charge in [0.15, 0.2) is 0 Å². The highest BCUT2D eigenvalue weighted by Crippen LogP contribution is 2.40. The number of hydrogen-bond donors (Lipinski definition) is 2. The molecule has 3 nitrogen and oxygen atoms in total. The van der Waals surface area contributed by atoms with E-state index in [1.165, 1.54) is 0 Å². The molecular formula is C12H17ClN2O. The first kappa shape index (κ1) is 11.8. The summed E-state index contributed by atoms with van der Waals surface area (Å²) in [6.45, 7) is 0.561. The quantitative estimate of drug-likeness (QED) is 0.776. The molecule has 0 aromatic carbocycles. The summed E-state index contributed by atoms with van der Waals surface area (Å²) in [4.78, 5) is 4.11. The predicted molar refractivity (Wildman–Crippen MR) is 64.5 cm³/mol. The smallest absolute Gasteiger partial charge is 0.132 e. The van der Waals surface area contributed by atoms with Crippen molar-refractivity contribution in [2.24, 2.45) is 5.73 Å². The Morgan fingerprint density at radius 2 is 2.19 bits per heavy atom. The fourth-order valence-corrected chi connectivity index (χ4v) is 2.84. The van der Waals surface area contributed by atoms with Crippen LogP contribution in [-0.2, 0) is 5.41 Å². The van der Waals surface area contributed by atoms with Gasteiger partial charge in [0.25, 0.3) is 0 Å². The Kier molecular flexibility index (Phi) is 3.47. The van der Waals surface area contributed by atoms with Gasteiger partial charge >= 0.3 is 0 Å². The molecule has 1 aliphatic carbocycles. The Bertz CT molecular complexity index is 362. The zero-order valence-corrected chi connectivity index (χ0v) is 9.95. The van der Waals surface area contributed by atoms with Gasteiger partial charge in [0, 0.05) is 18.2 Å². The molecule has 0 radical (unpaired) electrons. The average Bonchev–Trinajstić information content (AvgIpc) is 2.32. The van der Waals surface area contributed by atoms with E-state index in [9.17, 15) is 5.11 Å². The minimum Gasteiger partial charge on any atom is -0.393 e. The molecule has 1 fully saturated rings. The van der Waals surface area contributed by atoms with Crippen LogP contribution in [-0.4, -0.2) is 22.7 Å². The van der Waals surface area contributed by atoms with Crippen LogP contribution < -0.4 is 5.73 Å². The Labute approximate surface area is 101 Å². The van der Waals surface area contributed by atoms with Crippen molar-refractivity contribution in [1.29, 1.82) is 0 Å². The van der Waals surface area contributed by atoms with Crippen LogP contribution in [0.25, 0.3) is 0 Å². The lowest BCUT2D eigenvalue weighted by Gasteiger charge is -2.38. The third-order valence-electron chi connectivity index (χ3n) is 3.63. The van der Waals surface area contributed by atoms with Gasteiger partial charge in [-0.3, -0.25) is 0 Å². The first-order valence-electron chi connectivity index (χ1n) is 5.67. The van der Waals surface area contributed by atoms with Gasteiger partial charge in [-0.25, -0.2) is 4.98 Å². The van der Waals surface area contributed by atoms with E-state index in [4.69, 9.17) is 17.3 Å². The summed E-state index contributed by atoms with van der Waals surface area (Å²) in [6.07, 6.45) is 4.86. The van der Waals surface area contributed by atoms with Gasteiger partial charge in [-0.15, -0.1) is 0 Å². The first-order chi connectivity index (χ1) is 7.68. The Balaban J connectivity index is 2.32. The molecule has 1 heterocycles. The molecule has 1 aromatic rings. The largest absolute Gasteiger partial charge is 0.393 e. The normalized spacial score (nSPS) is 30.3. The summed E-state index contributed by atoms with van der Waals surface area (Å²) >= 11 is 6.13. The Morgan fingerprint density at radius 1 is 1.50 bits per heavy atom. The average molecular weight is 241 g/mol. The number of nitrogens with zero attached hydrogens (tertiary/aromatic N) is 1. The highest BCUT2D eigenvalue weighted by molar-refractivity contribution is 6.30. The molecule has 1 aromatic heterocycles. The fraction of sp³-hybridized carbons (Fsp3) is 0.583. The van der Waals surface area contributed by atoms with Crippen molar-refractivity contribution in [1.82, 2.24) is 4.98 Å². The summed E-state index contributed by atoms with van der Waals surface area (Å²) < 4.78 is 0. The van der Waals surface area contributed by atoms with Crippen molar-refractivity contribution in [3.63, 3.8) is 0 Å². The lowest BCUT2D eigenvalue weighted by atomic mass is 9.69. The molecule has 4 heteroatoms. The zero-order valence-electron chi connectivity index (χ0n) is 9.19. The standard InChI is InChI=1S/C12H17ClN2O/c13-11-10(2-1-7-15-11)12(8-14)5-3-9(16)4-6-12/h1-2,7,9,16H,3-6,8,14H2. The molecule has 0 atom stereocenters. The van der Waals surface area contributed by atoms with Crippen LogP contribution in [0.15, 0.2) is 18.3 Å². The molecule has 0 aliphatic heterocycles. The maximum Gasteiger partial charge on any atom is 0.132 e. The third kappa shape index (κ3) is 2.08. The number of aromatic nitrogens is 1. The molecule has 16 heavy (non-hydrogen) atoms. The zero-order chi connectivity index (χ0) is 11.6. The second kappa shape index (κ2) is 4.70. The van der Waals surface area contributed by atoms with E-state index in [2.05, 4.69) is 4.98 Å². The lowest BCUT2D eigenvalue weighted by Crippen LogP contribution is -2.40. The molecule has 0 saturated heterocycles. The summed E-state index contributed by atoms with van der Waals surface area (Å²) in [5.41, 5.74) is 6.86. The van der Waals surface area contributed by atoms with E-state index in [0.29, 0.717) is 11.7 Å². The molecule has 0 spiro atoms. The minimum absolute atomic E-state index is 0.0927. The summed E-state index contributed by atoms with van der Waals surface area (Å²) in [5, 5.41) is 10.1. The fourth-order valence-electron chi connectivity index (χ4n) is 2.52. The molecule has 1 aliphatic rings. The number of aliphatic hydroxyl groups excluding tert-OH is 1. The maximum atomic E-state index is 9.56. The van der Waals surface area contributed by atoms with Crippen molar-refractivity contribution in [2.45, 2.75) is 37.2 Å². The van der Waals surface area contributed by atoms with Crippen LogP contribution >= 0.6 is 11.6 Å². The van der Waals surface area contributed by atoms with E-state index >= 15 is 0 Å². The molecule has 0 unspecified atom stereocenters. The van der Waals surface area contributed by atoms with Crippen molar-refractivity contribution in [3.05, 3.63) is 29.0 Å². The molecule has 1 saturated carbocycles. The number of pyridine rings is 1. The monoisotopic (exact) mass is 240 g/mol. The van der Waals surface area contributed by atoms with E-state index in [1.807, 2.05) is 12.1 Å². The van der Waals surface area contributed by atoms with E-state index in [-0.39, 0.29) is 11.5 Å². The van der Waals surface area contributed by atoms with Gasteiger partial charge in [-0.05, 0) is 37.3 Å². The van der Waals surface area contributed by atoms with Gasteiger partial charge in [0.2, 0.25) is 0 Å². The number of rotatable bonds is 2. The number of nitrogens with two attached hydrogens (primary N) is 1. The van der Waals surface area contributed by atoms with E-state index in [1.54, 1.807) is 6.20 Å². The van der Waals surface area contributed by atoms with Crippen LogP contribution in [0.4, 0.5) is 0 Å². The Hall–Kier alpha value is -0.640. The van der Waals surface area contributed by atoms with Gasteiger partial charge in [0.1, 0.15) is 5.15 Å².